The number of ether oxygens (including phenoxy) is 6. The molecule has 1 saturated heterocycles. The van der Waals surface area contributed by atoms with Gasteiger partial charge in [-0.1, -0.05) is 11.1 Å². The highest BCUT2D eigenvalue weighted by Crippen LogP contribution is 2.50. The van der Waals surface area contributed by atoms with Gasteiger partial charge in [0.1, 0.15) is 47.4 Å². The molecule has 53 heavy (non-hydrogen) atoms. The number of hydrogen-bond donors (Lipinski definition) is 2. The molecule has 2 aromatic heterocycles. The van der Waals surface area contributed by atoms with Crippen LogP contribution in [0.15, 0.2) is 79.6 Å². The van der Waals surface area contributed by atoms with Gasteiger partial charge in [-0.15, -0.1) is 0 Å². The van der Waals surface area contributed by atoms with Gasteiger partial charge < -0.3 is 47.5 Å². The molecular formula is C42H48O11. The maximum Gasteiger partial charge on any atom is 0.350 e. The monoisotopic (exact) mass is 728 g/mol. The number of hydrogen-bond acceptors (Lipinski definition) is 11. The quantitative estimate of drug-likeness (QED) is 0.103. The summed E-state index contributed by atoms with van der Waals surface area (Å²) < 4.78 is 49.0. The van der Waals surface area contributed by atoms with Crippen molar-refractivity contribution in [3.8, 4) is 23.0 Å². The van der Waals surface area contributed by atoms with Crippen molar-refractivity contribution in [1.29, 1.82) is 0 Å². The summed E-state index contributed by atoms with van der Waals surface area (Å²) in [6.07, 6.45) is 11.6. The van der Waals surface area contributed by atoms with Crippen molar-refractivity contribution in [2.45, 2.75) is 103 Å². The van der Waals surface area contributed by atoms with E-state index < -0.39 is 28.9 Å². The van der Waals surface area contributed by atoms with Crippen LogP contribution in [0.1, 0.15) is 78.4 Å². The van der Waals surface area contributed by atoms with Crippen LogP contribution in [0.3, 0.4) is 0 Å². The second-order valence-electron chi connectivity index (χ2n) is 15.2. The summed E-state index contributed by atoms with van der Waals surface area (Å²) in [4.78, 5) is 11.8. The van der Waals surface area contributed by atoms with Gasteiger partial charge in [0.2, 0.25) is 0 Å². The van der Waals surface area contributed by atoms with Gasteiger partial charge in [0, 0.05) is 36.3 Å². The molecule has 1 spiro atoms. The lowest BCUT2D eigenvalue weighted by Crippen LogP contribution is -2.39. The number of benzene rings is 2. The van der Waals surface area contributed by atoms with Gasteiger partial charge in [0.05, 0.1) is 52.6 Å². The van der Waals surface area contributed by atoms with E-state index in [-0.39, 0.29) is 6.10 Å². The summed E-state index contributed by atoms with van der Waals surface area (Å²) in [5.74, 6) is 1.19. The van der Waals surface area contributed by atoms with E-state index in [1.54, 1.807) is 32.2 Å². The van der Waals surface area contributed by atoms with Gasteiger partial charge in [0.15, 0.2) is 0 Å². The smallest absolute Gasteiger partial charge is 0.350 e. The standard InChI is InChI=1S/C42H48O11/c1-25(7-10-35(43)40(3,4)45)14-19-49-39-28-13-18-42(51-34(28)24-32-30(39)17-22-47-32)52-36(41(5,6)53-42)11-8-26(2)15-20-48-38-27-9-12-37(44)50-33(27)23-31-29(38)16-21-46-31/h9,12-16,18,21,23-24,35-36,43,45H,7-8,10-11,17,19-20,22H2,1-6H3/b25-14+,26-15+. The molecule has 3 unspecified atom stereocenters. The number of furan rings is 1. The fourth-order valence-corrected chi connectivity index (χ4v) is 6.98. The first-order chi connectivity index (χ1) is 25.2. The van der Waals surface area contributed by atoms with Crippen LogP contribution < -0.4 is 24.6 Å². The van der Waals surface area contributed by atoms with Crippen molar-refractivity contribution in [3.63, 3.8) is 0 Å². The summed E-state index contributed by atoms with van der Waals surface area (Å²) in [6.45, 7) is 12.5. The molecule has 11 heteroatoms. The Balaban J connectivity index is 0.994. The molecular weight excluding hydrogens is 680 g/mol. The van der Waals surface area contributed by atoms with Crippen LogP contribution in [-0.4, -0.2) is 59.4 Å². The number of fused-ring (bicyclic) bond motifs is 4. The van der Waals surface area contributed by atoms with Gasteiger partial charge in [-0.25, -0.2) is 4.79 Å². The van der Waals surface area contributed by atoms with E-state index in [1.807, 2.05) is 57.2 Å². The van der Waals surface area contributed by atoms with Gasteiger partial charge in [-0.2, -0.15) is 0 Å². The summed E-state index contributed by atoms with van der Waals surface area (Å²) in [6, 6.07) is 8.52. The lowest BCUT2D eigenvalue weighted by atomic mass is 9.96. The number of aliphatic hydroxyl groups is 2. The third-order valence-electron chi connectivity index (χ3n) is 10.2. The third kappa shape index (κ3) is 7.75. The zero-order valence-corrected chi connectivity index (χ0v) is 31.2. The van der Waals surface area contributed by atoms with Crippen molar-refractivity contribution in [1.82, 2.24) is 0 Å². The maximum atomic E-state index is 11.8. The van der Waals surface area contributed by atoms with Gasteiger partial charge in [0.25, 0.3) is 0 Å². The summed E-state index contributed by atoms with van der Waals surface area (Å²) in [5.41, 5.74) is 2.75. The molecule has 3 aliphatic rings. The molecule has 7 rings (SSSR count). The van der Waals surface area contributed by atoms with E-state index in [4.69, 9.17) is 37.3 Å². The van der Waals surface area contributed by atoms with Crippen LogP contribution in [-0.2, 0) is 15.9 Å². The van der Waals surface area contributed by atoms with Gasteiger partial charge >= 0.3 is 11.6 Å². The number of rotatable bonds is 13. The van der Waals surface area contributed by atoms with Crippen LogP contribution in [0.2, 0.25) is 0 Å². The second kappa shape index (κ2) is 14.4. The second-order valence-corrected chi connectivity index (χ2v) is 15.2. The molecule has 3 atom stereocenters. The van der Waals surface area contributed by atoms with Crippen molar-refractivity contribution in [3.05, 3.63) is 87.5 Å². The highest BCUT2D eigenvalue weighted by molar-refractivity contribution is 6.01. The van der Waals surface area contributed by atoms with E-state index in [0.29, 0.717) is 72.9 Å². The summed E-state index contributed by atoms with van der Waals surface area (Å²) in [5, 5.41) is 21.8. The SMILES string of the molecule is C/C(=C\COc1c2c(cc3c1CCO3)OC1(C=C2)OC(CC/C(C)=C/COc2c3ccoc3cc3oc(=O)ccc23)C(C)(C)O1)CCC(O)C(C)(C)O. The lowest BCUT2D eigenvalue weighted by molar-refractivity contribution is -0.270. The van der Waals surface area contributed by atoms with Crippen LogP contribution in [0.5, 0.6) is 23.0 Å². The first-order valence-corrected chi connectivity index (χ1v) is 18.2. The molecule has 0 saturated carbocycles. The molecule has 0 amide bonds. The minimum Gasteiger partial charge on any atom is -0.493 e. The number of aliphatic hydroxyl groups excluding tert-OH is 1. The van der Waals surface area contributed by atoms with E-state index in [0.717, 1.165) is 46.3 Å². The first kappa shape index (κ1) is 36.8. The highest BCUT2D eigenvalue weighted by atomic mass is 16.9. The Morgan fingerprint density at radius 2 is 1.74 bits per heavy atom. The van der Waals surface area contributed by atoms with E-state index in [9.17, 15) is 15.0 Å². The molecule has 0 aliphatic carbocycles. The molecule has 11 nitrogen and oxygen atoms in total. The van der Waals surface area contributed by atoms with Crippen LogP contribution in [0.25, 0.3) is 28.0 Å². The molecule has 282 valence electrons. The van der Waals surface area contributed by atoms with E-state index in [1.165, 1.54) is 6.07 Å². The Labute approximate surface area is 308 Å². The fraction of sp³-hybridized carbons (Fsp3) is 0.452. The lowest BCUT2D eigenvalue weighted by Gasteiger charge is -2.31. The molecule has 4 aromatic rings. The third-order valence-corrected chi connectivity index (χ3v) is 10.2. The van der Waals surface area contributed by atoms with Crippen molar-refractivity contribution >= 4 is 28.0 Å². The fourth-order valence-electron chi connectivity index (χ4n) is 6.98. The van der Waals surface area contributed by atoms with E-state index >= 15 is 0 Å². The number of allylic oxidation sites excluding steroid dienone is 2. The Hall–Kier alpha value is -4.55. The molecule has 0 radical (unpaired) electrons. The first-order valence-electron chi connectivity index (χ1n) is 18.2. The largest absolute Gasteiger partial charge is 0.493 e. The van der Waals surface area contributed by atoms with Crippen LogP contribution in [0.4, 0.5) is 0 Å². The summed E-state index contributed by atoms with van der Waals surface area (Å²) in [7, 11) is 0. The molecule has 2 N–H and O–H groups in total. The van der Waals surface area contributed by atoms with Crippen LogP contribution in [0, 0.1) is 0 Å². The Morgan fingerprint density at radius 3 is 2.51 bits per heavy atom. The molecule has 1 fully saturated rings. The zero-order valence-electron chi connectivity index (χ0n) is 31.2. The van der Waals surface area contributed by atoms with Crippen LogP contribution >= 0.6 is 0 Å². The Bertz CT molecular complexity index is 2140. The Morgan fingerprint density at radius 1 is 1.00 bits per heavy atom. The zero-order chi connectivity index (χ0) is 37.5. The average molecular weight is 729 g/mol. The highest BCUT2D eigenvalue weighted by Gasteiger charge is 2.54. The average Bonchev–Trinajstić information content (AvgIpc) is 3.82. The molecule has 5 heterocycles. The van der Waals surface area contributed by atoms with Crippen molar-refractivity contribution in [2.24, 2.45) is 0 Å². The predicted molar refractivity (Wildman–Crippen MR) is 200 cm³/mol. The Kier molecular flexibility index (Phi) is 9.97. The van der Waals surface area contributed by atoms with Crippen molar-refractivity contribution in [2.75, 3.05) is 19.8 Å². The summed E-state index contributed by atoms with van der Waals surface area (Å²) >= 11 is 0. The van der Waals surface area contributed by atoms with Crippen molar-refractivity contribution < 1.29 is 47.5 Å². The minimum atomic E-state index is -1.40. The topological polar surface area (TPSA) is 139 Å². The minimum absolute atomic E-state index is 0.270. The van der Waals surface area contributed by atoms with E-state index in [2.05, 4.69) is 6.92 Å². The molecule has 0 bridgehead atoms. The molecule has 2 aromatic carbocycles. The maximum absolute atomic E-state index is 11.8. The van der Waals surface area contributed by atoms with Gasteiger partial charge in [-0.3, -0.25) is 0 Å². The molecule has 3 aliphatic heterocycles. The van der Waals surface area contributed by atoms with Gasteiger partial charge in [-0.05, 0) is 97.6 Å². The normalized spacial score (nSPS) is 21.5. The predicted octanol–water partition coefficient (Wildman–Crippen LogP) is 7.77.